The maximum absolute atomic E-state index is 12.0. The molecule has 0 N–H and O–H groups in total. The molecule has 1 heterocycles. The molecule has 0 amide bonds. The number of thiophene rings is 1. The highest BCUT2D eigenvalue weighted by Crippen LogP contribution is 2.18. The van der Waals surface area contributed by atoms with Gasteiger partial charge in [0, 0.05) is 24.7 Å². The number of ketones is 1. The normalized spacial score (nSPS) is 11.6. The van der Waals surface area contributed by atoms with Crippen LogP contribution >= 0.6 is 11.3 Å². The van der Waals surface area contributed by atoms with E-state index in [1.165, 1.54) is 11.3 Å². The molecule has 1 aromatic heterocycles. The van der Waals surface area contributed by atoms with Crippen LogP contribution in [0, 0.1) is 0 Å². The second kappa shape index (κ2) is 11.7. The van der Waals surface area contributed by atoms with E-state index in [1.54, 1.807) is 12.1 Å². The monoisotopic (exact) mass is 362 g/mol. The summed E-state index contributed by atoms with van der Waals surface area (Å²) in [6.45, 7) is 9.09. The van der Waals surface area contributed by atoms with Gasteiger partial charge in [-0.2, -0.15) is 0 Å². The van der Waals surface area contributed by atoms with E-state index in [-0.39, 0.29) is 18.0 Å². The van der Waals surface area contributed by atoms with Crippen molar-refractivity contribution in [1.29, 1.82) is 0 Å². The van der Waals surface area contributed by atoms with Gasteiger partial charge in [-0.05, 0) is 37.8 Å². The predicted octanol–water partition coefficient (Wildman–Crippen LogP) is 4.69. The van der Waals surface area contributed by atoms with Crippen LogP contribution < -0.4 is 0 Å². The molecule has 0 aliphatic rings. The Morgan fingerprint density at radius 3 is 2.12 bits per heavy atom. The molecule has 4 nitrogen and oxygen atoms in total. The first-order chi connectivity index (χ1) is 12.0. The van der Waals surface area contributed by atoms with Crippen molar-refractivity contribution in [3.63, 3.8) is 0 Å². The van der Waals surface area contributed by atoms with Crippen LogP contribution in [0.1, 0.15) is 54.4 Å². The summed E-state index contributed by atoms with van der Waals surface area (Å²) in [7, 11) is 0. The molecule has 0 aliphatic heterocycles. The van der Waals surface area contributed by atoms with E-state index in [4.69, 9.17) is 9.47 Å². The molecule has 1 aromatic carbocycles. The Kier molecular flexibility index (Phi) is 9.92. The lowest BCUT2D eigenvalue weighted by atomic mass is 10.00. The van der Waals surface area contributed by atoms with E-state index >= 15 is 0 Å². The van der Waals surface area contributed by atoms with E-state index in [0.29, 0.717) is 5.56 Å². The van der Waals surface area contributed by atoms with Gasteiger partial charge in [0.25, 0.3) is 0 Å². The van der Waals surface area contributed by atoms with Crippen molar-refractivity contribution >= 4 is 23.4 Å². The van der Waals surface area contributed by atoms with Gasteiger partial charge in [-0.3, -0.25) is 4.79 Å². The second-order valence-corrected chi connectivity index (χ2v) is 6.28. The van der Waals surface area contributed by atoms with Crippen molar-refractivity contribution in [3.8, 4) is 0 Å². The summed E-state index contributed by atoms with van der Waals surface area (Å²) in [6, 6.07) is 10.9. The summed E-state index contributed by atoms with van der Waals surface area (Å²) >= 11 is 1.44. The summed E-state index contributed by atoms with van der Waals surface area (Å²) in [4.78, 5) is 23.4. The summed E-state index contributed by atoms with van der Waals surface area (Å²) in [5.74, 6) is -0.0915. The highest BCUT2D eigenvalue weighted by Gasteiger charge is 2.10. The largest absolute Gasteiger partial charge is 0.353 e. The summed E-state index contributed by atoms with van der Waals surface area (Å²) < 4.78 is 10.1. The van der Waals surface area contributed by atoms with Crippen LogP contribution in [0.3, 0.4) is 0 Å². The number of benzene rings is 1. The minimum absolute atomic E-state index is 0.0327. The lowest BCUT2D eigenvalue weighted by Gasteiger charge is -2.09. The first kappa shape index (κ1) is 21.2. The second-order valence-electron chi connectivity index (χ2n) is 5.33. The molecule has 0 spiro atoms. The standard InChI is InChI=1S/C14H12O2S.C6H14O2/c1-10(9-15)11-4-6-12(7-5-11)14(16)13-3-2-8-17-13;1-4-7-6(3)8-5-2/h2-10H,1H3;6H,4-5H2,1-3H3. The fraction of sp³-hybridized carbons (Fsp3) is 0.400. The molecule has 2 rings (SSSR count). The molecule has 0 fully saturated rings. The first-order valence-corrected chi connectivity index (χ1v) is 9.28. The number of carbonyl (C=O) groups is 2. The minimum atomic E-state index is -0.124. The van der Waals surface area contributed by atoms with Crippen LogP contribution in [0.2, 0.25) is 0 Å². The molecule has 25 heavy (non-hydrogen) atoms. The Bertz CT molecular complexity index is 614. The SMILES string of the molecule is CC(C=O)c1ccc(C(=O)c2cccs2)cc1.CCOC(C)OCC. The molecular weight excluding hydrogens is 336 g/mol. The van der Waals surface area contributed by atoms with Gasteiger partial charge in [0.05, 0.1) is 4.88 Å². The van der Waals surface area contributed by atoms with Gasteiger partial charge < -0.3 is 14.3 Å². The molecule has 0 aliphatic carbocycles. The molecule has 0 saturated carbocycles. The lowest BCUT2D eigenvalue weighted by molar-refractivity contribution is -0.123. The summed E-state index contributed by atoms with van der Waals surface area (Å²) in [5, 5.41) is 1.88. The van der Waals surface area contributed by atoms with Gasteiger partial charge in [0.1, 0.15) is 6.29 Å². The maximum Gasteiger partial charge on any atom is 0.202 e. The van der Waals surface area contributed by atoms with Gasteiger partial charge in [-0.25, -0.2) is 0 Å². The first-order valence-electron chi connectivity index (χ1n) is 8.40. The van der Waals surface area contributed by atoms with E-state index in [9.17, 15) is 9.59 Å². The highest BCUT2D eigenvalue weighted by atomic mass is 32.1. The van der Waals surface area contributed by atoms with Crippen LogP contribution in [-0.2, 0) is 14.3 Å². The van der Waals surface area contributed by atoms with Gasteiger partial charge >= 0.3 is 0 Å². The molecule has 1 atom stereocenters. The van der Waals surface area contributed by atoms with Crippen molar-refractivity contribution in [2.45, 2.75) is 39.9 Å². The molecule has 136 valence electrons. The maximum atomic E-state index is 12.0. The number of rotatable bonds is 8. The fourth-order valence-electron chi connectivity index (χ4n) is 2.08. The van der Waals surface area contributed by atoms with Crippen LogP contribution in [0.15, 0.2) is 41.8 Å². The number of carbonyl (C=O) groups excluding carboxylic acids is 2. The predicted molar refractivity (Wildman–Crippen MR) is 101 cm³/mol. The topological polar surface area (TPSA) is 52.6 Å². The zero-order valence-corrected chi connectivity index (χ0v) is 16.0. The summed E-state index contributed by atoms with van der Waals surface area (Å²) in [6.07, 6.45) is 0.862. The third kappa shape index (κ3) is 7.30. The molecule has 5 heteroatoms. The highest BCUT2D eigenvalue weighted by molar-refractivity contribution is 7.12. The number of aldehydes is 1. The zero-order valence-electron chi connectivity index (χ0n) is 15.2. The van der Waals surface area contributed by atoms with Crippen molar-refractivity contribution in [1.82, 2.24) is 0 Å². The number of hydrogen-bond acceptors (Lipinski definition) is 5. The third-order valence-corrected chi connectivity index (χ3v) is 4.32. The average molecular weight is 362 g/mol. The van der Waals surface area contributed by atoms with E-state index < -0.39 is 0 Å². The molecular formula is C20H26O4S. The number of ether oxygens (including phenoxy) is 2. The zero-order chi connectivity index (χ0) is 18.7. The average Bonchev–Trinajstić information content (AvgIpc) is 3.16. The minimum Gasteiger partial charge on any atom is -0.353 e. The van der Waals surface area contributed by atoms with Crippen molar-refractivity contribution in [2.24, 2.45) is 0 Å². The van der Waals surface area contributed by atoms with Gasteiger partial charge in [-0.1, -0.05) is 37.3 Å². The molecule has 0 radical (unpaired) electrons. The van der Waals surface area contributed by atoms with Crippen LogP contribution in [-0.4, -0.2) is 31.6 Å². The van der Waals surface area contributed by atoms with Crippen molar-refractivity contribution in [2.75, 3.05) is 13.2 Å². The number of hydrogen-bond donors (Lipinski definition) is 0. The Labute approximate surface area is 153 Å². The van der Waals surface area contributed by atoms with Gasteiger partial charge in [0.2, 0.25) is 5.78 Å². The van der Waals surface area contributed by atoms with E-state index in [0.717, 1.165) is 29.9 Å². The van der Waals surface area contributed by atoms with Crippen LogP contribution in [0.5, 0.6) is 0 Å². The Hall–Kier alpha value is -1.82. The molecule has 0 saturated heterocycles. The molecule has 1 unspecified atom stereocenters. The lowest BCUT2D eigenvalue weighted by Crippen LogP contribution is -2.11. The van der Waals surface area contributed by atoms with Gasteiger partial charge in [-0.15, -0.1) is 11.3 Å². The van der Waals surface area contributed by atoms with E-state index in [2.05, 4.69) is 0 Å². The Morgan fingerprint density at radius 1 is 1.08 bits per heavy atom. The van der Waals surface area contributed by atoms with Crippen LogP contribution in [0.4, 0.5) is 0 Å². The molecule has 2 aromatic rings. The fourth-order valence-corrected chi connectivity index (χ4v) is 2.77. The Morgan fingerprint density at radius 2 is 1.68 bits per heavy atom. The van der Waals surface area contributed by atoms with E-state index in [1.807, 2.05) is 57.3 Å². The quantitative estimate of drug-likeness (QED) is 0.388. The summed E-state index contributed by atoms with van der Waals surface area (Å²) in [5.41, 5.74) is 1.59. The van der Waals surface area contributed by atoms with Crippen LogP contribution in [0.25, 0.3) is 0 Å². The van der Waals surface area contributed by atoms with Crippen molar-refractivity contribution in [3.05, 3.63) is 57.8 Å². The molecule has 0 bridgehead atoms. The third-order valence-electron chi connectivity index (χ3n) is 3.45. The van der Waals surface area contributed by atoms with Gasteiger partial charge in [0.15, 0.2) is 6.29 Å². The van der Waals surface area contributed by atoms with Crippen molar-refractivity contribution < 1.29 is 19.1 Å². The Balaban J connectivity index is 0.000000333. The smallest absolute Gasteiger partial charge is 0.202 e.